The summed E-state index contributed by atoms with van der Waals surface area (Å²) in [6.45, 7) is 2.34. The summed E-state index contributed by atoms with van der Waals surface area (Å²) < 4.78 is 3.59. The molecule has 1 aromatic heterocycles. The number of nitrogens with one attached hydrogen (secondary N) is 1. The van der Waals surface area contributed by atoms with Crippen LogP contribution in [0.25, 0.3) is 0 Å². The Bertz CT molecular complexity index is 323. The SMILES string of the molecule is CC#CCCNC(=O)c1cnns1. The van der Waals surface area contributed by atoms with Gasteiger partial charge >= 0.3 is 0 Å². The topological polar surface area (TPSA) is 54.9 Å². The van der Waals surface area contributed by atoms with Crippen LogP contribution in [0.2, 0.25) is 0 Å². The summed E-state index contributed by atoms with van der Waals surface area (Å²) in [4.78, 5) is 11.8. The predicted octanol–water partition coefficient (Wildman–Crippen LogP) is 0.681. The van der Waals surface area contributed by atoms with Gasteiger partial charge < -0.3 is 5.32 Å². The highest BCUT2D eigenvalue weighted by Crippen LogP contribution is 2.00. The van der Waals surface area contributed by atoms with Crippen molar-refractivity contribution in [3.8, 4) is 11.8 Å². The molecule has 0 saturated carbocycles. The second kappa shape index (κ2) is 5.27. The molecule has 0 aliphatic carbocycles. The van der Waals surface area contributed by atoms with E-state index in [1.54, 1.807) is 6.92 Å². The van der Waals surface area contributed by atoms with E-state index in [0.29, 0.717) is 17.8 Å². The summed E-state index contributed by atoms with van der Waals surface area (Å²) in [6.07, 6.45) is 2.12. The van der Waals surface area contributed by atoms with Crippen molar-refractivity contribution in [2.24, 2.45) is 0 Å². The van der Waals surface area contributed by atoms with Crippen LogP contribution in [0.4, 0.5) is 0 Å². The van der Waals surface area contributed by atoms with E-state index in [2.05, 4.69) is 26.7 Å². The highest BCUT2D eigenvalue weighted by Gasteiger charge is 2.05. The normalized spacial score (nSPS) is 8.69. The van der Waals surface area contributed by atoms with Gasteiger partial charge in [-0.1, -0.05) is 4.49 Å². The Morgan fingerprint density at radius 3 is 3.23 bits per heavy atom. The molecular formula is C8H9N3OS. The lowest BCUT2D eigenvalue weighted by Gasteiger charge is -1.97. The molecule has 0 atom stereocenters. The average Bonchev–Trinajstić information content (AvgIpc) is 2.65. The van der Waals surface area contributed by atoms with Crippen LogP contribution in [-0.4, -0.2) is 22.0 Å². The highest BCUT2D eigenvalue weighted by atomic mass is 32.1. The van der Waals surface area contributed by atoms with Gasteiger partial charge in [0.2, 0.25) is 0 Å². The zero-order valence-electron chi connectivity index (χ0n) is 7.20. The molecule has 68 valence electrons. The molecule has 13 heavy (non-hydrogen) atoms. The quantitative estimate of drug-likeness (QED) is 0.570. The Kier molecular flexibility index (Phi) is 3.93. The van der Waals surface area contributed by atoms with Crippen molar-refractivity contribution in [1.82, 2.24) is 14.9 Å². The molecule has 0 aromatic carbocycles. The van der Waals surface area contributed by atoms with Gasteiger partial charge in [0, 0.05) is 13.0 Å². The van der Waals surface area contributed by atoms with E-state index in [0.717, 1.165) is 11.5 Å². The third kappa shape index (κ3) is 3.22. The van der Waals surface area contributed by atoms with E-state index >= 15 is 0 Å². The standard InChI is InChI=1S/C8H9N3OS/c1-2-3-4-5-9-8(12)7-6-10-11-13-7/h6H,4-5H2,1H3,(H,9,12). The number of amides is 1. The van der Waals surface area contributed by atoms with Crippen molar-refractivity contribution in [3.05, 3.63) is 11.1 Å². The zero-order valence-corrected chi connectivity index (χ0v) is 8.02. The average molecular weight is 195 g/mol. The van der Waals surface area contributed by atoms with Crippen LogP contribution in [0.15, 0.2) is 6.20 Å². The van der Waals surface area contributed by atoms with Gasteiger partial charge in [-0.05, 0) is 18.5 Å². The van der Waals surface area contributed by atoms with Crippen molar-refractivity contribution in [2.75, 3.05) is 6.54 Å². The first-order chi connectivity index (χ1) is 6.34. The van der Waals surface area contributed by atoms with Crippen molar-refractivity contribution in [2.45, 2.75) is 13.3 Å². The summed E-state index contributed by atoms with van der Waals surface area (Å²) >= 11 is 1.09. The maximum atomic E-state index is 11.2. The minimum atomic E-state index is -0.132. The van der Waals surface area contributed by atoms with Crippen LogP contribution in [-0.2, 0) is 0 Å². The molecule has 1 amide bonds. The van der Waals surface area contributed by atoms with Crippen molar-refractivity contribution >= 4 is 17.4 Å². The van der Waals surface area contributed by atoms with Crippen LogP contribution in [0.5, 0.6) is 0 Å². The molecule has 0 bridgehead atoms. The van der Waals surface area contributed by atoms with Gasteiger partial charge in [-0.25, -0.2) is 0 Å². The number of hydrogen-bond donors (Lipinski definition) is 1. The highest BCUT2D eigenvalue weighted by molar-refractivity contribution is 7.07. The Balaban J connectivity index is 2.29. The number of carbonyl (C=O) groups is 1. The van der Waals surface area contributed by atoms with Crippen molar-refractivity contribution in [1.29, 1.82) is 0 Å². The molecule has 0 unspecified atom stereocenters. The molecular weight excluding hydrogens is 186 g/mol. The number of aromatic nitrogens is 2. The van der Waals surface area contributed by atoms with Crippen molar-refractivity contribution < 1.29 is 4.79 Å². The second-order valence-corrected chi connectivity index (χ2v) is 3.00. The number of rotatable bonds is 3. The molecule has 1 N–H and O–H groups in total. The van der Waals surface area contributed by atoms with Crippen molar-refractivity contribution in [3.63, 3.8) is 0 Å². The Morgan fingerprint density at radius 1 is 1.77 bits per heavy atom. The van der Waals surface area contributed by atoms with E-state index in [9.17, 15) is 4.79 Å². The monoisotopic (exact) mass is 195 g/mol. The first-order valence-corrected chi connectivity index (χ1v) is 4.57. The second-order valence-electron chi connectivity index (χ2n) is 2.21. The number of carbonyl (C=O) groups excluding carboxylic acids is 1. The molecule has 0 aliphatic heterocycles. The molecule has 1 heterocycles. The summed E-state index contributed by atoms with van der Waals surface area (Å²) in [5.74, 6) is 5.48. The summed E-state index contributed by atoms with van der Waals surface area (Å²) in [5.41, 5.74) is 0. The van der Waals surface area contributed by atoms with E-state index in [1.807, 2.05) is 0 Å². The third-order valence-corrected chi connectivity index (χ3v) is 1.96. The van der Waals surface area contributed by atoms with Crippen LogP contribution >= 0.6 is 11.5 Å². The third-order valence-electron chi connectivity index (χ3n) is 1.30. The maximum absolute atomic E-state index is 11.2. The lowest BCUT2D eigenvalue weighted by molar-refractivity contribution is 0.0958. The molecule has 0 spiro atoms. The minimum absolute atomic E-state index is 0.132. The Hall–Kier alpha value is -1.41. The van der Waals surface area contributed by atoms with Gasteiger partial charge in [-0.2, -0.15) is 0 Å². The number of hydrogen-bond acceptors (Lipinski definition) is 4. The van der Waals surface area contributed by atoms with Crippen LogP contribution < -0.4 is 5.32 Å². The zero-order chi connectivity index (χ0) is 9.52. The fourth-order valence-electron chi connectivity index (χ4n) is 0.718. The van der Waals surface area contributed by atoms with E-state index in [4.69, 9.17) is 0 Å². The first kappa shape index (κ1) is 9.68. The molecule has 4 nitrogen and oxygen atoms in total. The summed E-state index contributed by atoms with van der Waals surface area (Å²) in [5, 5.41) is 6.28. The first-order valence-electron chi connectivity index (χ1n) is 3.79. The minimum Gasteiger partial charge on any atom is -0.350 e. The lowest BCUT2D eigenvalue weighted by Crippen LogP contribution is -2.23. The van der Waals surface area contributed by atoms with Gasteiger partial charge in [-0.3, -0.25) is 4.79 Å². The maximum Gasteiger partial charge on any atom is 0.264 e. The fraction of sp³-hybridized carbons (Fsp3) is 0.375. The van der Waals surface area contributed by atoms with E-state index < -0.39 is 0 Å². The lowest BCUT2D eigenvalue weighted by atomic mass is 10.4. The molecule has 0 fully saturated rings. The molecule has 1 rings (SSSR count). The van der Waals surface area contributed by atoms with Crippen LogP contribution in [0, 0.1) is 11.8 Å². The molecule has 0 saturated heterocycles. The Labute approximate surface area is 80.5 Å². The largest absolute Gasteiger partial charge is 0.350 e. The van der Waals surface area contributed by atoms with Gasteiger partial charge in [-0.15, -0.1) is 16.9 Å². The molecule has 0 aliphatic rings. The van der Waals surface area contributed by atoms with Gasteiger partial charge in [0.05, 0.1) is 6.20 Å². The molecule has 0 radical (unpaired) electrons. The summed E-state index contributed by atoms with van der Waals surface area (Å²) in [6, 6.07) is 0. The smallest absolute Gasteiger partial charge is 0.264 e. The van der Waals surface area contributed by atoms with Gasteiger partial charge in [0.1, 0.15) is 4.88 Å². The van der Waals surface area contributed by atoms with E-state index in [-0.39, 0.29) is 5.91 Å². The Morgan fingerprint density at radius 2 is 2.62 bits per heavy atom. The van der Waals surface area contributed by atoms with Crippen LogP contribution in [0.3, 0.4) is 0 Å². The fourth-order valence-corrected chi connectivity index (χ4v) is 1.15. The molecule has 5 heteroatoms. The predicted molar refractivity (Wildman–Crippen MR) is 50.3 cm³/mol. The number of nitrogens with zero attached hydrogens (tertiary/aromatic N) is 2. The summed E-state index contributed by atoms with van der Waals surface area (Å²) in [7, 11) is 0. The molecule has 1 aromatic rings. The van der Waals surface area contributed by atoms with Crippen LogP contribution in [0.1, 0.15) is 23.0 Å². The van der Waals surface area contributed by atoms with E-state index in [1.165, 1.54) is 6.20 Å². The van der Waals surface area contributed by atoms with Gasteiger partial charge in [0.15, 0.2) is 0 Å². The van der Waals surface area contributed by atoms with Gasteiger partial charge in [0.25, 0.3) is 5.91 Å².